The van der Waals surface area contributed by atoms with Gasteiger partial charge in [0.1, 0.15) is 5.82 Å². The van der Waals surface area contributed by atoms with E-state index >= 15 is 0 Å². The van der Waals surface area contributed by atoms with Crippen molar-refractivity contribution in [3.05, 3.63) is 28.5 Å². The van der Waals surface area contributed by atoms with Crippen LogP contribution in [0.5, 0.6) is 0 Å². The molecule has 0 aromatic heterocycles. The molecule has 0 saturated heterocycles. The van der Waals surface area contributed by atoms with Crippen LogP contribution in [0.25, 0.3) is 0 Å². The molecule has 0 aliphatic heterocycles. The van der Waals surface area contributed by atoms with E-state index in [0.29, 0.717) is 6.54 Å². The van der Waals surface area contributed by atoms with Gasteiger partial charge in [0.25, 0.3) is 0 Å². The summed E-state index contributed by atoms with van der Waals surface area (Å²) in [5.41, 5.74) is 5.73. The molecule has 20 heavy (non-hydrogen) atoms. The zero-order valence-corrected chi connectivity index (χ0v) is 13.3. The van der Waals surface area contributed by atoms with E-state index in [1.807, 2.05) is 6.92 Å². The molecule has 0 spiro atoms. The summed E-state index contributed by atoms with van der Waals surface area (Å²) in [7, 11) is -2.23. The topological polar surface area (TPSA) is 63.4 Å². The number of benzene rings is 1. The highest BCUT2D eigenvalue weighted by Gasteiger charge is 2.23. The number of nitrogens with zero attached hydrogens (tertiary/aromatic N) is 1. The highest BCUT2D eigenvalue weighted by atomic mass is 35.5. The van der Waals surface area contributed by atoms with Gasteiger partial charge >= 0.3 is 0 Å². The Morgan fingerprint density at radius 3 is 2.55 bits per heavy atom. The minimum Gasteiger partial charge on any atom is -0.326 e. The molecule has 0 heterocycles. The number of hydrogen-bond donors (Lipinski definition) is 1. The maximum absolute atomic E-state index is 13.7. The van der Waals surface area contributed by atoms with Gasteiger partial charge in [-0.3, -0.25) is 0 Å². The summed E-state index contributed by atoms with van der Waals surface area (Å²) < 4.78 is 39.6. The third kappa shape index (κ3) is 3.91. The van der Waals surface area contributed by atoms with E-state index in [4.69, 9.17) is 17.3 Å². The van der Waals surface area contributed by atoms with Gasteiger partial charge < -0.3 is 5.73 Å². The summed E-state index contributed by atoms with van der Waals surface area (Å²) in [6.07, 6.45) is 2.72. The van der Waals surface area contributed by atoms with Crippen molar-refractivity contribution in [1.82, 2.24) is 4.31 Å². The summed E-state index contributed by atoms with van der Waals surface area (Å²) >= 11 is 5.73. The molecule has 0 amide bonds. The number of nitrogens with two attached hydrogens (primary N) is 1. The van der Waals surface area contributed by atoms with Gasteiger partial charge in [-0.1, -0.05) is 31.4 Å². The van der Waals surface area contributed by atoms with Gasteiger partial charge in [-0.15, -0.1) is 0 Å². The number of hydrogen-bond acceptors (Lipinski definition) is 3. The van der Waals surface area contributed by atoms with Crippen LogP contribution in [0.15, 0.2) is 17.0 Å². The van der Waals surface area contributed by atoms with Gasteiger partial charge in [-0.25, -0.2) is 17.1 Å². The molecule has 0 saturated carbocycles. The molecule has 4 nitrogen and oxygen atoms in total. The monoisotopic (exact) mass is 322 g/mol. The van der Waals surface area contributed by atoms with Gasteiger partial charge in [0.2, 0.25) is 10.0 Å². The Balaban J connectivity index is 3.06. The van der Waals surface area contributed by atoms with Gasteiger partial charge in [-0.2, -0.15) is 0 Å². The molecule has 0 aliphatic rings. The van der Waals surface area contributed by atoms with Crippen LogP contribution < -0.4 is 5.73 Å². The van der Waals surface area contributed by atoms with Crippen molar-refractivity contribution in [2.45, 2.75) is 37.6 Å². The van der Waals surface area contributed by atoms with Crippen LogP contribution >= 0.6 is 11.6 Å². The lowest BCUT2D eigenvalue weighted by molar-refractivity contribution is 0.453. The van der Waals surface area contributed by atoms with Crippen molar-refractivity contribution in [2.24, 2.45) is 5.73 Å². The maximum Gasteiger partial charge on any atom is 0.242 e. The second-order valence-electron chi connectivity index (χ2n) is 4.62. The molecule has 7 heteroatoms. The summed E-state index contributed by atoms with van der Waals surface area (Å²) in [5.74, 6) is -0.768. The van der Waals surface area contributed by atoms with E-state index in [1.165, 1.54) is 17.4 Å². The fourth-order valence-electron chi connectivity index (χ4n) is 1.80. The molecule has 1 rings (SSSR count). The average Bonchev–Trinajstić information content (AvgIpc) is 2.41. The molecule has 0 radical (unpaired) electrons. The van der Waals surface area contributed by atoms with Crippen LogP contribution in [0.1, 0.15) is 31.7 Å². The molecular formula is C13H20ClFN2O2S. The quantitative estimate of drug-likeness (QED) is 0.785. The molecule has 0 aliphatic carbocycles. The van der Waals surface area contributed by atoms with Gasteiger partial charge in [0.15, 0.2) is 0 Å². The van der Waals surface area contributed by atoms with Crippen molar-refractivity contribution < 1.29 is 12.8 Å². The zero-order chi connectivity index (χ0) is 15.3. The van der Waals surface area contributed by atoms with E-state index < -0.39 is 15.8 Å². The molecule has 0 atom stereocenters. The summed E-state index contributed by atoms with van der Waals surface area (Å²) in [6.45, 7) is 2.42. The predicted octanol–water partition coefficient (Wildman–Crippen LogP) is 2.75. The van der Waals surface area contributed by atoms with Crippen molar-refractivity contribution in [3.8, 4) is 0 Å². The van der Waals surface area contributed by atoms with Gasteiger partial charge in [-0.05, 0) is 24.1 Å². The molecule has 2 N–H and O–H groups in total. The highest BCUT2D eigenvalue weighted by Crippen LogP contribution is 2.25. The first-order valence-corrected chi connectivity index (χ1v) is 8.30. The Bertz CT molecular complexity index is 564. The Kier molecular flexibility index (Phi) is 6.39. The number of rotatable bonds is 7. The SMILES string of the molecule is CCCCCN(C)S(=O)(=O)c1cc(F)c(Cl)c(CN)c1. The van der Waals surface area contributed by atoms with Gasteiger partial charge in [0.05, 0.1) is 9.92 Å². The fraction of sp³-hybridized carbons (Fsp3) is 0.538. The van der Waals surface area contributed by atoms with Gasteiger partial charge in [0, 0.05) is 20.1 Å². The van der Waals surface area contributed by atoms with E-state index in [1.54, 1.807) is 0 Å². The lowest BCUT2D eigenvalue weighted by Gasteiger charge is -2.18. The molecule has 1 aromatic rings. The van der Waals surface area contributed by atoms with E-state index in [9.17, 15) is 12.8 Å². The smallest absolute Gasteiger partial charge is 0.242 e. The average molecular weight is 323 g/mol. The third-order valence-electron chi connectivity index (χ3n) is 3.08. The Labute approximate surface area is 124 Å². The van der Waals surface area contributed by atoms with Crippen molar-refractivity contribution in [3.63, 3.8) is 0 Å². The van der Waals surface area contributed by atoms with Crippen LogP contribution in [-0.2, 0) is 16.6 Å². The normalized spacial score (nSPS) is 12.1. The fourth-order valence-corrected chi connectivity index (χ4v) is 3.26. The largest absolute Gasteiger partial charge is 0.326 e. The summed E-state index contributed by atoms with van der Waals surface area (Å²) in [6, 6.07) is 2.27. The predicted molar refractivity (Wildman–Crippen MR) is 78.6 cm³/mol. The minimum absolute atomic E-state index is 0.0152. The van der Waals surface area contributed by atoms with E-state index in [0.717, 1.165) is 25.3 Å². The second-order valence-corrected chi connectivity index (χ2v) is 7.04. The lowest BCUT2D eigenvalue weighted by Crippen LogP contribution is -2.28. The molecule has 114 valence electrons. The number of sulfonamides is 1. The molecule has 0 unspecified atom stereocenters. The minimum atomic E-state index is -3.71. The van der Waals surface area contributed by atoms with Crippen LogP contribution in [0.2, 0.25) is 5.02 Å². The molecule has 0 fully saturated rings. The number of halogens is 2. The first-order valence-electron chi connectivity index (χ1n) is 6.49. The molecule has 0 bridgehead atoms. The summed E-state index contributed by atoms with van der Waals surface area (Å²) in [4.78, 5) is -0.112. The Morgan fingerprint density at radius 2 is 2.00 bits per heavy atom. The number of unbranched alkanes of at least 4 members (excludes halogenated alkanes) is 2. The van der Waals surface area contributed by atoms with Crippen LogP contribution in [0.4, 0.5) is 4.39 Å². The molecule has 1 aromatic carbocycles. The standard InChI is InChI=1S/C13H20ClFN2O2S/c1-3-4-5-6-17(2)20(18,19)11-7-10(9-16)13(14)12(15)8-11/h7-8H,3-6,9,16H2,1-2H3. The first-order chi connectivity index (χ1) is 9.34. The Hall–Kier alpha value is -0.690. The zero-order valence-electron chi connectivity index (χ0n) is 11.7. The van der Waals surface area contributed by atoms with Crippen molar-refractivity contribution >= 4 is 21.6 Å². The van der Waals surface area contributed by atoms with E-state index in [2.05, 4.69) is 0 Å². The Morgan fingerprint density at radius 1 is 1.35 bits per heavy atom. The molecular weight excluding hydrogens is 303 g/mol. The third-order valence-corrected chi connectivity index (χ3v) is 5.34. The first kappa shape index (κ1) is 17.4. The van der Waals surface area contributed by atoms with Crippen LogP contribution in [0.3, 0.4) is 0 Å². The summed E-state index contributed by atoms with van der Waals surface area (Å²) in [5, 5.41) is -0.125. The lowest BCUT2D eigenvalue weighted by atomic mass is 10.2. The maximum atomic E-state index is 13.7. The van der Waals surface area contributed by atoms with Crippen LogP contribution in [0, 0.1) is 5.82 Å². The van der Waals surface area contributed by atoms with Crippen molar-refractivity contribution in [1.29, 1.82) is 0 Å². The van der Waals surface area contributed by atoms with Crippen LogP contribution in [-0.4, -0.2) is 26.3 Å². The van der Waals surface area contributed by atoms with Crippen molar-refractivity contribution in [2.75, 3.05) is 13.6 Å². The highest BCUT2D eigenvalue weighted by molar-refractivity contribution is 7.89. The second kappa shape index (κ2) is 7.36. The van der Waals surface area contributed by atoms with E-state index in [-0.39, 0.29) is 22.0 Å².